The average molecular weight is 394 g/mol. The van der Waals surface area contributed by atoms with Crippen LogP contribution in [-0.2, 0) is 5.75 Å². The van der Waals surface area contributed by atoms with Crippen LogP contribution in [0, 0.1) is 6.92 Å². The monoisotopic (exact) mass is 394 g/mol. The number of thioether (sulfide) groups is 1. The molecule has 1 aliphatic rings. The van der Waals surface area contributed by atoms with Crippen LogP contribution >= 0.6 is 11.8 Å². The van der Waals surface area contributed by atoms with Crippen molar-refractivity contribution in [3.63, 3.8) is 0 Å². The van der Waals surface area contributed by atoms with E-state index in [1.54, 1.807) is 0 Å². The van der Waals surface area contributed by atoms with Crippen LogP contribution in [0.1, 0.15) is 11.5 Å². The Bertz CT molecular complexity index is 1140. The van der Waals surface area contributed by atoms with Crippen molar-refractivity contribution in [2.24, 2.45) is 0 Å². The Hall–Kier alpha value is -3.33. The molecule has 9 heteroatoms. The van der Waals surface area contributed by atoms with Crippen molar-refractivity contribution in [2.75, 3.05) is 6.79 Å². The Morgan fingerprint density at radius 2 is 1.93 bits per heavy atom. The van der Waals surface area contributed by atoms with Crippen LogP contribution in [-0.4, -0.2) is 27.1 Å². The van der Waals surface area contributed by atoms with E-state index in [1.807, 2.05) is 49.4 Å². The predicted molar refractivity (Wildman–Crippen MR) is 99.9 cm³/mol. The highest BCUT2D eigenvalue weighted by Gasteiger charge is 2.17. The molecule has 3 heterocycles. The zero-order chi connectivity index (χ0) is 18.9. The first-order chi connectivity index (χ1) is 13.8. The number of hydrogen-bond acceptors (Lipinski definition) is 9. The molecule has 5 rings (SSSR count). The molecule has 140 valence electrons. The van der Waals surface area contributed by atoms with Gasteiger partial charge in [-0.3, -0.25) is 0 Å². The van der Waals surface area contributed by atoms with Gasteiger partial charge in [-0.15, -0.1) is 10.2 Å². The first kappa shape index (κ1) is 16.8. The fraction of sp³-hybridized carbons (Fsp3) is 0.158. The SMILES string of the molecule is Cc1ccccc1-c1noc(CSc2nnc(-c3ccc4c(c3)OCO4)o2)n1. The molecule has 0 amide bonds. The summed E-state index contributed by atoms with van der Waals surface area (Å²) in [6.45, 7) is 2.23. The van der Waals surface area contributed by atoms with Gasteiger partial charge < -0.3 is 18.4 Å². The van der Waals surface area contributed by atoms with Gasteiger partial charge in [0.1, 0.15) is 0 Å². The standard InChI is InChI=1S/C19H14N4O4S/c1-11-4-2-3-5-13(11)17-20-16(27-23-17)9-28-19-22-21-18(26-19)12-6-7-14-15(8-12)25-10-24-14/h2-8H,9-10H2,1H3. The van der Waals surface area contributed by atoms with Gasteiger partial charge in [0.2, 0.25) is 24.4 Å². The first-order valence-electron chi connectivity index (χ1n) is 8.51. The van der Waals surface area contributed by atoms with E-state index in [1.165, 1.54) is 11.8 Å². The molecule has 1 aliphatic heterocycles. The van der Waals surface area contributed by atoms with E-state index in [9.17, 15) is 0 Å². The number of rotatable bonds is 5. The lowest BCUT2D eigenvalue weighted by Crippen LogP contribution is -1.92. The molecule has 0 saturated carbocycles. The van der Waals surface area contributed by atoms with Crippen molar-refractivity contribution in [1.29, 1.82) is 0 Å². The molecule has 0 bridgehead atoms. The van der Waals surface area contributed by atoms with Gasteiger partial charge in [-0.1, -0.05) is 41.2 Å². The molecule has 0 atom stereocenters. The van der Waals surface area contributed by atoms with Gasteiger partial charge in [-0.05, 0) is 30.7 Å². The third-order valence-electron chi connectivity index (χ3n) is 4.20. The second-order valence-corrected chi connectivity index (χ2v) is 6.98. The van der Waals surface area contributed by atoms with Crippen LogP contribution in [0.4, 0.5) is 0 Å². The molecule has 0 unspecified atom stereocenters. The van der Waals surface area contributed by atoms with Crippen LogP contribution in [0.15, 0.2) is 56.6 Å². The van der Waals surface area contributed by atoms with Gasteiger partial charge >= 0.3 is 0 Å². The van der Waals surface area contributed by atoms with Gasteiger partial charge in [0.05, 0.1) is 5.75 Å². The van der Waals surface area contributed by atoms with Gasteiger partial charge in [-0.25, -0.2) is 0 Å². The fourth-order valence-electron chi connectivity index (χ4n) is 2.78. The molecule has 0 fully saturated rings. The number of ether oxygens (including phenoxy) is 2. The fourth-order valence-corrected chi connectivity index (χ4v) is 3.39. The Morgan fingerprint density at radius 1 is 1.04 bits per heavy atom. The van der Waals surface area contributed by atoms with Crippen molar-refractivity contribution in [3.05, 3.63) is 53.9 Å². The minimum atomic E-state index is 0.221. The van der Waals surface area contributed by atoms with Gasteiger partial charge in [-0.2, -0.15) is 4.98 Å². The average Bonchev–Trinajstić information content (AvgIpc) is 3.46. The van der Waals surface area contributed by atoms with Crippen LogP contribution in [0.25, 0.3) is 22.8 Å². The van der Waals surface area contributed by atoms with Crippen LogP contribution in [0.2, 0.25) is 0 Å². The molecule has 2 aromatic carbocycles. The summed E-state index contributed by atoms with van der Waals surface area (Å²) in [5.41, 5.74) is 2.81. The summed E-state index contributed by atoms with van der Waals surface area (Å²) in [6.07, 6.45) is 0. The first-order valence-corrected chi connectivity index (χ1v) is 9.50. The lowest BCUT2D eigenvalue weighted by Gasteiger charge is -1.98. The zero-order valence-electron chi connectivity index (χ0n) is 14.8. The molecule has 2 aromatic heterocycles. The van der Waals surface area contributed by atoms with Crippen LogP contribution in [0.5, 0.6) is 11.5 Å². The molecule has 0 spiro atoms. The minimum absolute atomic E-state index is 0.221. The van der Waals surface area contributed by atoms with E-state index >= 15 is 0 Å². The van der Waals surface area contributed by atoms with E-state index in [2.05, 4.69) is 20.3 Å². The van der Waals surface area contributed by atoms with Gasteiger partial charge in [0.25, 0.3) is 5.22 Å². The smallest absolute Gasteiger partial charge is 0.277 e. The van der Waals surface area contributed by atoms with Crippen LogP contribution < -0.4 is 9.47 Å². The number of aromatic nitrogens is 4. The number of aryl methyl sites for hydroxylation is 1. The Morgan fingerprint density at radius 3 is 2.86 bits per heavy atom. The zero-order valence-corrected chi connectivity index (χ0v) is 15.6. The van der Waals surface area contributed by atoms with E-state index in [-0.39, 0.29) is 6.79 Å². The van der Waals surface area contributed by atoms with E-state index < -0.39 is 0 Å². The van der Waals surface area contributed by atoms with Crippen LogP contribution in [0.3, 0.4) is 0 Å². The highest BCUT2D eigenvalue weighted by molar-refractivity contribution is 7.98. The molecule has 0 saturated heterocycles. The quantitative estimate of drug-likeness (QED) is 0.463. The lowest BCUT2D eigenvalue weighted by atomic mass is 10.1. The summed E-state index contributed by atoms with van der Waals surface area (Å²) in [5, 5.41) is 12.6. The van der Waals surface area contributed by atoms with Crippen molar-refractivity contribution >= 4 is 11.8 Å². The molecule has 0 radical (unpaired) electrons. The van der Waals surface area contributed by atoms with Gasteiger partial charge in [0, 0.05) is 11.1 Å². The molecule has 0 N–H and O–H groups in total. The van der Waals surface area contributed by atoms with E-state index in [4.69, 9.17) is 18.4 Å². The molecular formula is C19H14N4O4S. The largest absolute Gasteiger partial charge is 0.454 e. The Balaban J connectivity index is 1.28. The topological polar surface area (TPSA) is 96.3 Å². The summed E-state index contributed by atoms with van der Waals surface area (Å²) >= 11 is 1.33. The highest BCUT2D eigenvalue weighted by Crippen LogP contribution is 2.36. The van der Waals surface area contributed by atoms with E-state index in [0.29, 0.717) is 40.1 Å². The minimum Gasteiger partial charge on any atom is -0.454 e. The summed E-state index contributed by atoms with van der Waals surface area (Å²) in [5.74, 6) is 3.28. The third kappa shape index (κ3) is 3.20. The van der Waals surface area contributed by atoms with Crippen molar-refractivity contribution in [1.82, 2.24) is 20.3 Å². The van der Waals surface area contributed by atoms with Gasteiger partial charge in [0.15, 0.2) is 11.5 Å². The number of hydrogen-bond donors (Lipinski definition) is 0. The maximum Gasteiger partial charge on any atom is 0.277 e. The maximum atomic E-state index is 5.72. The summed E-state index contributed by atoms with van der Waals surface area (Å²) in [4.78, 5) is 4.44. The molecule has 28 heavy (non-hydrogen) atoms. The molecular weight excluding hydrogens is 380 g/mol. The number of benzene rings is 2. The van der Waals surface area contributed by atoms with Crippen molar-refractivity contribution < 1.29 is 18.4 Å². The Kier molecular flexibility index (Phi) is 4.21. The second-order valence-electron chi connectivity index (χ2n) is 6.06. The number of nitrogens with zero attached hydrogens (tertiary/aromatic N) is 4. The summed E-state index contributed by atoms with van der Waals surface area (Å²) in [6, 6.07) is 13.4. The van der Waals surface area contributed by atoms with Crippen molar-refractivity contribution in [2.45, 2.75) is 17.9 Å². The molecule has 0 aliphatic carbocycles. The van der Waals surface area contributed by atoms with E-state index in [0.717, 1.165) is 16.7 Å². The molecule has 4 aromatic rings. The molecule has 8 nitrogen and oxygen atoms in total. The summed E-state index contributed by atoms with van der Waals surface area (Å²) < 4.78 is 21.7. The normalized spacial score (nSPS) is 12.5. The maximum absolute atomic E-state index is 5.72. The van der Waals surface area contributed by atoms with Crippen molar-refractivity contribution in [3.8, 4) is 34.3 Å². The highest BCUT2D eigenvalue weighted by atomic mass is 32.2. The third-order valence-corrected chi connectivity index (χ3v) is 5.00. The summed E-state index contributed by atoms with van der Waals surface area (Å²) in [7, 11) is 0. The second kappa shape index (κ2) is 7.01. The number of fused-ring (bicyclic) bond motifs is 1. The predicted octanol–water partition coefficient (Wildman–Crippen LogP) is 4.12. The Labute approximate surface area is 163 Å². The lowest BCUT2D eigenvalue weighted by molar-refractivity contribution is 0.174.